The van der Waals surface area contributed by atoms with Crippen LogP contribution in [0.1, 0.15) is 122 Å². The number of benzene rings is 1. The molecule has 31 heavy (non-hydrogen) atoms. The van der Waals surface area contributed by atoms with E-state index >= 15 is 0 Å². The maximum absolute atomic E-state index is 11.3. The summed E-state index contributed by atoms with van der Waals surface area (Å²) in [5, 5.41) is 19.2. The molecule has 4 heteroatoms. The minimum absolute atomic E-state index is 0.162. The molecule has 0 saturated heterocycles. The lowest BCUT2D eigenvalue weighted by Crippen LogP contribution is -2.07. The number of amides is 1. The number of phenols is 2. The number of carbonyl (C=O) groups excluding carboxylic acids is 1. The predicted molar refractivity (Wildman–Crippen MR) is 131 cm³/mol. The number of primary amides is 1. The number of carbonyl (C=O) groups is 1. The zero-order chi connectivity index (χ0) is 22.7. The molecule has 0 aliphatic rings. The molecule has 0 fully saturated rings. The largest absolute Gasteiger partial charge is 0.504 e. The molecule has 0 aliphatic heterocycles. The van der Waals surface area contributed by atoms with Crippen LogP contribution < -0.4 is 5.73 Å². The second kappa shape index (κ2) is 17.7. The Bertz CT molecular complexity index is 639. The van der Waals surface area contributed by atoms with Gasteiger partial charge in [0.15, 0.2) is 11.5 Å². The van der Waals surface area contributed by atoms with Gasteiger partial charge < -0.3 is 15.9 Å². The van der Waals surface area contributed by atoms with Crippen molar-refractivity contribution in [2.24, 2.45) is 5.73 Å². The van der Waals surface area contributed by atoms with Crippen LogP contribution in [0, 0.1) is 0 Å². The van der Waals surface area contributed by atoms with Gasteiger partial charge >= 0.3 is 0 Å². The SMILES string of the molecule is CCCCCCCCCCCCCCCCCCC(=CC(N)=O)c1ccc(O)c(O)c1. The maximum atomic E-state index is 11.3. The summed E-state index contributed by atoms with van der Waals surface area (Å²) in [5.74, 6) is -0.830. The van der Waals surface area contributed by atoms with Crippen LogP contribution in [0.2, 0.25) is 0 Å². The van der Waals surface area contributed by atoms with Crippen molar-refractivity contribution in [2.45, 2.75) is 116 Å². The van der Waals surface area contributed by atoms with Crippen LogP contribution in [0.4, 0.5) is 0 Å². The quantitative estimate of drug-likeness (QED) is 0.120. The fraction of sp³-hybridized carbons (Fsp3) is 0.667. The maximum Gasteiger partial charge on any atom is 0.241 e. The Morgan fingerprint density at radius 3 is 1.61 bits per heavy atom. The molecule has 0 radical (unpaired) electrons. The van der Waals surface area contributed by atoms with Crippen LogP contribution in [-0.4, -0.2) is 16.1 Å². The summed E-state index contributed by atoms with van der Waals surface area (Å²) in [6, 6.07) is 4.62. The topological polar surface area (TPSA) is 83.6 Å². The van der Waals surface area contributed by atoms with Crippen molar-refractivity contribution in [1.29, 1.82) is 0 Å². The number of unbranched alkanes of at least 4 members (excludes halogenated alkanes) is 15. The summed E-state index contributed by atoms with van der Waals surface area (Å²) in [5.41, 5.74) is 6.88. The van der Waals surface area contributed by atoms with E-state index in [1.54, 1.807) is 6.07 Å². The van der Waals surface area contributed by atoms with Crippen LogP contribution in [-0.2, 0) is 4.79 Å². The highest BCUT2D eigenvalue weighted by molar-refractivity contribution is 5.94. The molecule has 1 rings (SSSR count). The number of nitrogens with two attached hydrogens (primary N) is 1. The number of allylic oxidation sites excluding steroid dienone is 1. The Labute approximate surface area is 189 Å². The zero-order valence-electron chi connectivity index (χ0n) is 19.7. The second-order valence-corrected chi connectivity index (χ2v) is 8.83. The van der Waals surface area contributed by atoms with Crippen molar-refractivity contribution in [2.75, 3.05) is 0 Å². The fourth-order valence-corrected chi connectivity index (χ4v) is 4.06. The van der Waals surface area contributed by atoms with E-state index in [0.717, 1.165) is 30.4 Å². The van der Waals surface area contributed by atoms with Crippen molar-refractivity contribution in [3.8, 4) is 11.5 Å². The highest BCUT2D eigenvalue weighted by Gasteiger charge is 2.07. The predicted octanol–water partition coefficient (Wildman–Crippen LogP) is 7.62. The van der Waals surface area contributed by atoms with Crippen molar-refractivity contribution in [1.82, 2.24) is 0 Å². The number of hydrogen-bond acceptors (Lipinski definition) is 3. The van der Waals surface area contributed by atoms with Crippen molar-refractivity contribution >= 4 is 11.5 Å². The van der Waals surface area contributed by atoms with Crippen molar-refractivity contribution in [3.05, 3.63) is 29.8 Å². The number of rotatable bonds is 19. The van der Waals surface area contributed by atoms with E-state index in [2.05, 4.69) is 6.92 Å². The molecule has 0 atom stereocenters. The third-order valence-electron chi connectivity index (χ3n) is 5.96. The average molecular weight is 432 g/mol. The number of phenolic OH excluding ortho intramolecular Hbond substituents is 2. The average Bonchev–Trinajstić information content (AvgIpc) is 2.74. The molecule has 1 aromatic rings. The number of aromatic hydroxyl groups is 2. The highest BCUT2D eigenvalue weighted by atomic mass is 16.3. The van der Waals surface area contributed by atoms with E-state index in [1.807, 2.05) is 0 Å². The molecule has 4 N–H and O–H groups in total. The van der Waals surface area contributed by atoms with E-state index in [0.29, 0.717) is 0 Å². The van der Waals surface area contributed by atoms with E-state index in [1.165, 1.54) is 108 Å². The summed E-state index contributed by atoms with van der Waals surface area (Å²) in [6.07, 6.45) is 23.4. The lowest BCUT2D eigenvalue weighted by molar-refractivity contribution is -0.113. The van der Waals surface area contributed by atoms with E-state index in [4.69, 9.17) is 5.73 Å². The Balaban J connectivity index is 2.05. The molecule has 0 unspecified atom stereocenters. The lowest BCUT2D eigenvalue weighted by Gasteiger charge is -2.09. The molecule has 176 valence electrons. The summed E-state index contributed by atoms with van der Waals surface area (Å²) >= 11 is 0. The second-order valence-electron chi connectivity index (χ2n) is 8.83. The monoisotopic (exact) mass is 431 g/mol. The van der Waals surface area contributed by atoms with Crippen LogP contribution in [0.5, 0.6) is 11.5 Å². The first kappa shape index (κ1) is 27.1. The summed E-state index contributed by atoms with van der Waals surface area (Å²) < 4.78 is 0. The molecule has 0 heterocycles. The highest BCUT2D eigenvalue weighted by Crippen LogP contribution is 2.30. The van der Waals surface area contributed by atoms with Gasteiger partial charge in [-0.3, -0.25) is 4.79 Å². The van der Waals surface area contributed by atoms with Crippen LogP contribution >= 0.6 is 0 Å². The van der Waals surface area contributed by atoms with Gasteiger partial charge in [-0.25, -0.2) is 0 Å². The van der Waals surface area contributed by atoms with Gasteiger partial charge in [-0.2, -0.15) is 0 Å². The normalized spacial score (nSPS) is 11.7. The van der Waals surface area contributed by atoms with E-state index < -0.39 is 5.91 Å². The van der Waals surface area contributed by atoms with E-state index in [-0.39, 0.29) is 11.5 Å². The van der Waals surface area contributed by atoms with E-state index in [9.17, 15) is 15.0 Å². The molecule has 1 amide bonds. The lowest BCUT2D eigenvalue weighted by atomic mass is 9.97. The number of hydrogen-bond donors (Lipinski definition) is 3. The molecule has 0 saturated carbocycles. The summed E-state index contributed by atoms with van der Waals surface area (Å²) in [6.45, 7) is 2.27. The van der Waals surface area contributed by atoms with Gasteiger partial charge in [0.2, 0.25) is 5.91 Å². The van der Waals surface area contributed by atoms with Gasteiger partial charge in [0, 0.05) is 6.08 Å². The third-order valence-corrected chi connectivity index (χ3v) is 5.96. The Morgan fingerprint density at radius 2 is 1.19 bits per heavy atom. The first-order valence-corrected chi connectivity index (χ1v) is 12.6. The molecule has 0 bridgehead atoms. The standard InChI is InChI=1S/C27H45NO3/c1-2-3-4-5-6-7-8-9-10-11-12-13-14-15-16-17-18-23(22-27(28)31)24-19-20-25(29)26(30)21-24/h19-22,29-30H,2-18H2,1H3,(H2,28,31). The summed E-state index contributed by atoms with van der Waals surface area (Å²) in [4.78, 5) is 11.3. The van der Waals surface area contributed by atoms with Gasteiger partial charge in [-0.15, -0.1) is 0 Å². The van der Waals surface area contributed by atoms with Crippen LogP contribution in [0.3, 0.4) is 0 Å². The summed E-state index contributed by atoms with van der Waals surface area (Å²) in [7, 11) is 0. The Morgan fingerprint density at radius 1 is 0.742 bits per heavy atom. The van der Waals surface area contributed by atoms with Gasteiger partial charge in [-0.05, 0) is 36.1 Å². The third kappa shape index (κ3) is 13.9. The van der Waals surface area contributed by atoms with Gasteiger partial charge in [0.25, 0.3) is 0 Å². The first-order valence-electron chi connectivity index (χ1n) is 12.6. The molecular weight excluding hydrogens is 386 g/mol. The van der Waals surface area contributed by atoms with Crippen molar-refractivity contribution < 1.29 is 15.0 Å². The molecule has 0 aliphatic carbocycles. The fourth-order valence-electron chi connectivity index (χ4n) is 4.06. The van der Waals surface area contributed by atoms with Gasteiger partial charge in [-0.1, -0.05) is 109 Å². The molecule has 0 aromatic heterocycles. The molecular formula is C27H45NO3. The first-order chi connectivity index (χ1) is 15.0. The van der Waals surface area contributed by atoms with Crippen LogP contribution in [0.15, 0.2) is 24.3 Å². The van der Waals surface area contributed by atoms with Crippen molar-refractivity contribution in [3.63, 3.8) is 0 Å². The smallest absolute Gasteiger partial charge is 0.241 e. The van der Waals surface area contributed by atoms with Gasteiger partial charge in [0.1, 0.15) is 0 Å². The Kier molecular flexibility index (Phi) is 15.4. The minimum Gasteiger partial charge on any atom is -0.504 e. The zero-order valence-corrected chi connectivity index (χ0v) is 19.7. The van der Waals surface area contributed by atoms with Gasteiger partial charge in [0.05, 0.1) is 0 Å². The molecule has 0 spiro atoms. The minimum atomic E-state index is -0.487. The molecule has 4 nitrogen and oxygen atoms in total. The van der Waals surface area contributed by atoms with Crippen LogP contribution in [0.25, 0.3) is 5.57 Å². The molecule has 1 aromatic carbocycles. The Hall–Kier alpha value is -1.97.